The van der Waals surface area contributed by atoms with Crippen LogP contribution in [0.15, 0.2) is 47.4 Å². The van der Waals surface area contributed by atoms with Crippen molar-refractivity contribution in [1.29, 1.82) is 0 Å². The molecule has 0 aliphatic rings. The van der Waals surface area contributed by atoms with E-state index >= 15 is 0 Å². The standard InChI is InChI=1S/C21H19FN2O2S/c1-13-18(20(23-2)21(25)26)12-19(14-4-10-17(27-3)11-5-14)24(13)16-8-6-15(22)7-9-16/h4-6,8,10-12,20,23H,1-3H3,(H,25,26). The van der Waals surface area contributed by atoms with Gasteiger partial charge in [0, 0.05) is 16.2 Å². The van der Waals surface area contributed by atoms with Gasteiger partial charge >= 0.3 is 5.97 Å². The van der Waals surface area contributed by atoms with Crippen LogP contribution in [0.1, 0.15) is 17.3 Å². The summed E-state index contributed by atoms with van der Waals surface area (Å²) in [6, 6.07) is 17.2. The number of aliphatic carboxylic acids is 1. The fourth-order valence-corrected chi connectivity index (χ4v) is 3.51. The van der Waals surface area contributed by atoms with Crippen LogP contribution in [-0.4, -0.2) is 28.9 Å². The number of carbonyl (C=O) groups is 1. The lowest BCUT2D eigenvalue weighted by Crippen LogP contribution is -2.25. The summed E-state index contributed by atoms with van der Waals surface area (Å²) in [6.45, 7) is 1.85. The minimum Gasteiger partial charge on any atom is -0.480 e. The third kappa shape index (κ3) is 3.70. The van der Waals surface area contributed by atoms with Gasteiger partial charge in [0.2, 0.25) is 0 Å². The maximum atomic E-state index is 13.3. The Morgan fingerprint density at radius 3 is 2.44 bits per heavy atom. The Morgan fingerprint density at radius 1 is 1.22 bits per heavy atom. The van der Waals surface area contributed by atoms with E-state index in [0.29, 0.717) is 11.3 Å². The Balaban J connectivity index is 2.23. The molecular formula is C21H19FN2O2S. The lowest BCUT2D eigenvalue weighted by molar-refractivity contribution is -0.139. The van der Waals surface area contributed by atoms with Crippen LogP contribution in [-0.2, 0) is 4.79 Å². The Hall–Kier alpha value is -2.75. The van der Waals surface area contributed by atoms with Crippen molar-refractivity contribution >= 4 is 17.7 Å². The molecule has 1 heterocycles. The second kappa shape index (κ2) is 7.87. The minimum absolute atomic E-state index is 0.492. The summed E-state index contributed by atoms with van der Waals surface area (Å²) in [4.78, 5) is 12.8. The van der Waals surface area contributed by atoms with E-state index in [-0.39, 0.29) is 0 Å². The number of likely N-dealkylation sites (N-methyl/N-ethyl adjacent to an activating group) is 1. The third-order valence-electron chi connectivity index (χ3n) is 4.46. The lowest BCUT2D eigenvalue weighted by Gasteiger charge is -2.13. The number of nitrogens with zero attached hydrogens (tertiary/aromatic N) is 1. The molecule has 6 heteroatoms. The smallest absolute Gasteiger partial charge is 0.325 e. The van der Waals surface area contributed by atoms with Crippen molar-refractivity contribution in [3.63, 3.8) is 0 Å². The van der Waals surface area contributed by atoms with Crippen LogP contribution < -0.4 is 5.32 Å². The van der Waals surface area contributed by atoms with E-state index in [4.69, 9.17) is 0 Å². The van der Waals surface area contributed by atoms with Crippen molar-refractivity contribution in [1.82, 2.24) is 9.88 Å². The van der Waals surface area contributed by atoms with Gasteiger partial charge in [-0.3, -0.25) is 4.79 Å². The third-order valence-corrected chi connectivity index (χ3v) is 5.20. The number of hydrogen-bond donors (Lipinski definition) is 2. The van der Waals surface area contributed by atoms with Crippen molar-refractivity contribution in [2.24, 2.45) is 0 Å². The molecule has 1 atom stereocenters. The van der Waals surface area contributed by atoms with Gasteiger partial charge in [-0.15, -0.1) is 11.8 Å². The number of hydrogen-bond acceptors (Lipinski definition) is 3. The van der Waals surface area contributed by atoms with Crippen LogP contribution in [0.3, 0.4) is 0 Å². The molecule has 27 heavy (non-hydrogen) atoms. The van der Waals surface area contributed by atoms with Gasteiger partial charge in [0.25, 0.3) is 0 Å². The summed E-state index contributed by atoms with van der Waals surface area (Å²) in [5.74, 6) is -1.45. The Bertz CT molecular complexity index is 950. The molecule has 0 spiro atoms. The van der Waals surface area contributed by atoms with Crippen LogP contribution in [0, 0.1) is 24.9 Å². The first kappa shape index (κ1) is 19.0. The van der Waals surface area contributed by atoms with E-state index < -0.39 is 17.8 Å². The van der Waals surface area contributed by atoms with Crippen molar-refractivity contribution in [2.75, 3.05) is 13.3 Å². The predicted octanol–water partition coefficient (Wildman–Crippen LogP) is 4.26. The van der Waals surface area contributed by atoms with Crippen molar-refractivity contribution in [3.05, 3.63) is 71.7 Å². The first-order valence-corrected chi connectivity index (χ1v) is 9.55. The first-order valence-electron chi connectivity index (χ1n) is 8.33. The quantitative estimate of drug-likeness (QED) is 0.626. The largest absolute Gasteiger partial charge is 0.480 e. The molecule has 3 aromatic rings. The van der Waals surface area contributed by atoms with E-state index in [1.807, 2.05) is 48.1 Å². The molecule has 0 fully saturated rings. The molecule has 0 aliphatic heterocycles. The van der Waals surface area contributed by atoms with Crippen LogP contribution in [0.4, 0.5) is 4.39 Å². The van der Waals surface area contributed by atoms with E-state index in [0.717, 1.165) is 21.8 Å². The van der Waals surface area contributed by atoms with Gasteiger partial charge in [0.1, 0.15) is 6.04 Å². The van der Waals surface area contributed by atoms with Gasteiger partial charge in [-0.05, 0) is 68.3 Å². The van der Waals surface area contributed by atoms with E-state index in [2.05, 4.69) is 17.4 Å². The van der Waals surface area contributed by atoms with Crippen LogP contribution in [0.5, 0.6) is 0 Å². The molecule has 3 rings (SSSR count). The Morgan fingerprint density at radius 2 is 1.93 bits per heavy atom. The normalized spacial score (nSPS) is 11.9. The van der Waals surface area contributed by atoms with Gasteiger partial charge in [0.05, 0.1) is 11.4 Å². The second-order valence-corrected chi connectivity index (χ2v) is 6.89. The number of nitrogens with one attached hydrogen (secondary N) is 1. The van der Waals surface area contributed by atoms with Crippen molar-refractivity contribution in [2.45, 2.75) is 17.9 Å². The molecule has 4 nitrogen and oxygen atoms in total. The fourth-order valence-electron chi connectivity index (χ4n) is 3.10. The number of carboxylic acid groups (broad SMARTS) is 1. The highest BCUT2D eigenvalue weighted by molar-refractivity contribution is 7.98. The van der Waals surface area contributed by atoms with Gasteiger partial charge in [-0.25, -0.2) is 0 Å². The average Bonchev–Trinajstić information content (AvgIpc) is 3.00. The SMILES string of the molecule is CNC(C(=O)O)c1cc(-c2ccc(SC)cc2)n(-c2c#cc(F)cc2)c1C. The maximum absolute atomic E-state index is 13.3. The molecule has 2 N–H and O–H groups in total. The lowest BCUT2D eigenvalue weighted by atomic mass is 10.1. The van der Waals surface area contributed by atoms with Gasteiger partial charge in [-0.1, -0.05) is 12.1 Å². The summed E-state index contributed by atoms with van der Waals surface area (Å²) in [6.07, 6.45) is 2.01. The zero-order valence-corrected chi connectivity index (χ0v) is 16.0. The minimum atomic E-state index is -0.961. The molecule has 138 valence electrons. The molecular weight excluding hydrogens is 363 g/mol. The van der Waals surface area contributed by atoms with Crippen molar-refractivity contribution < 1.29 is 14.3 Å². The molecule has 0 bridgehead atoms. The number of aromatic nitrogens is 1. The first-order chi connectivity index (χ1) is 13.0. The van der Waals surface area contributed by atoms with E-state index in [1.54, 1.807) is 24.9 Å². The zero-order chi connectivity index (χ0) is 19.6. The molecule has 0 saturated carbocycles. The summed E-state index contributed by atoms with van der Waals surface area (Å²) in [7, 11) is 1.61. The number of thioether (sulfide) groups is 1. The number of halogens is 1. The Labute approximate surface area is 162 Å². The molecule has 0 amide bonds. The summed E-state index contributed by atoms with van der Waals surface area (Å²) in [5, 5.41) is 12.4. The maximum Gasteiger partial charge on any atom is 0.325 e. The van der Waals surface area contributed by atoms with Crippen molar-refractivity contribution in [3.8, 4) is 16.9 Å². The fraction of sp³-hybridized carbons (Fsp3) is 0.190. The monoisotopic (exact) mass is 382 g/mol. The van der Waals surface area contributed by atoms with Crippen LogP contribution in [0.2, 0.25) is 0 Å². The summed E-state index contributed by atoms with van der Waals surface area (Å²) >= 11 is 1.65. The van der Waals surface area contributed by atoms with E-state index in [9.17, 15) is 14.3 Å². The van der Waals surface area contributed by atoms with Crippen LogP contribution >= 0.6 is 11.8 Å². The molecule has 0 radical (unpaired) electrons. The second-order valence-electron chi connectivity index (χ2n) is 6.01. The van der Waals surface area contributed by atoms with Crippen LogP contribution in [0.25, 0.3) is 16.9 Å². The molecule has 2 aromatic carbocycles. The molecule has 0 aliphatic carbocycles. The number of rotatable bonds is 6. The highest BCUT2D eigenvalue weighted by atomic mass is 32.2. The number of benzene rings is 1. The highest BCUT2D eigenvalue weighted by Gasteiger charge is 2.25. The predicted molar refractivity (Wildman–Crippen MR) is 105 cm³/mol. The average molecular weight is 382 g/mol. The summed E-state index contributed by atoms with van der Waals surface area (Å²) < 4.78 is 15.2. The molecule has 0 saturated heterocycles. The Kier molecular flexibility index (Phi) is 5.54. The topological polar surface area (TPSA) is 54.3 Å². The van der Waals surface area contributed by atoms with Gasteiger partial charge < -0.3 is 15.0 Å². The summed E-state index contributed by atoms with van der Waals surface area (Å²) in [5.41, 5.74) is 3.74. The van der Waals surface area contributed by atoms with E-state index in [1.165, 1.54) is 6.07 Å². The number of carboxylic acids is 1. The molecule has 1 unspecified atom stereocenters. The van der Waals surface area contributed by atoms with Gasteiger partial charge in [0.15, 0.2) is 5.82 Å². The zero-order valence-electron chi connectivity index (χ0n) is 15.2. The van der Waals surface area contributed by atoms with Gasteiger partial charge in [-0.2, -0.15) is 4.39 Å². The molecule has 1 aromatic heterocycles. The highest BCUT2D eigenvalue weighted by Crippen LogP contribution is 2.33.